The zero-order valence-electron chi connectivity index (χ0n) is 13.2. The van der Waals surface area contributed by atoms with E-state index in [-0.39, 0.29) is 11.4 Å². The summed E-state index contributed by atoms with van der Waals surface area (Å²) in [4.78, 5) is 26.8. The van der Waals surface area contributed by atoms with E-state index in [1.807, 2.05) is 23.6 Å². The minimum atomic E-state index is -1.32. The number of aromatic nitrogens is 1. The molecular weight excluding hydrogens is 358 g/mol. The van der Waals surface area contributed by atoms with Crippen molar-refractivity contribution in [1.82, 2.24) is 4.57 Å². The second-order valence-corrected chi connectivity index (χ2v) is 7.80. The molecule has 1 aromatic carbocycles. The first-order chi connectivity index (χ1) is 12.1. The SMILES string of the molecule is COC(=O)c1cc(-c2ccccc2)c(=O)n2c1-c1sccc1S(=O)C2. The maximum absolute atomic E-state index is 13.0. The van der Waals surface area contributed by atoms with Gasteiger partial charge < -0.3 is 4.74 Å². The van der Waals surface area contributed by atoms with Crippen LogP contribution in [-0.4, -0.2) is 21.9 Å². The molecule has 0 bridgehead atoms. The van der Waals surface area contributed by atoms with Crippen molar-refractivity contribution in [2.24, 2.45) is 0 Å². The number of fused-ring (bicyclic) bond motifs is 3. The number of carbonyl (C=O) groups excluding carboxylic acids is 1. The van der Waals surface area contributed by atoms with Crippen molar-refractivity contribution in [3.8, 4) is 21.7 Å². The number of pyridine rings is 1. The van der Waals surface area contributed by atoms with E-state index in [1.54, 1.807) is 24.3 Å². The Morgan fingerprint density at radius 3 is 2.72 bits per heavy atom. The summed E-state index contributed by atoms with van der Waals surface area (Å²) in [6, 6.07) is 12.5. The molecule has 4 rings (SSSR count). The quantitative estimate of drug-likeness (QED) is 0.649. The van der Waals surface area contributed by atoms with Gasteiger partial charge in [-0.3, -0.25) is 13.6 Å². The molecule has 1 aliphatic heterocycles. The number of ether oxygens (including phenoxy) is 1. The van der Waals surface area contributed by atoms with Gasteiger partial charge in [-0.15, -0.1) is 11.3 Å². The number of benzene rings is 1. The molecule has 0 aliphatic carbocycles. The lowest BCUT2D eigenvalue weighted by molar-refractivity contribution is 0.0601. The molecule has 0 spiro atoms. The molecule has 1 aliphatic rings. The molecule has 3 aromatic rings. The number of hydrogen-bond acceptors (Lipinski definition) is 5. The van der Waals surface area contributed by atoms with Gasteiger partial charge in [-0.05, 0) is 23.1 Å². The third kappa shape index (κ3) is 2.47. The first-order valence-corrected chi connectivity index (χ1v) is 9.69. The highest BCUT2D eigenvalue weighted by atomic mass is 32.2. The fourth-order valence-corrected chi connectivity index (χ4v) is 5.47. The number of rotatable bonds is 2. The lowest BCUT2D eigenvalue weighted by Gasteiger charge is -2.22. The second kappa shape index (κ2) is 6.09. The van der Waals surface area contributed by atoms with Crippen molar-refractivity contribution in [3.63, 3.8) is 0 Å². The van der Waals surface area contributed by atoms with Crippen LogP contribution in [0.15, 0.2) is 57.5 Å². The number of carbonyl (C=O) groups is 1. The summed E-state index contributed by atoms with van der Waals surface area (Å²) in [6.45, 7) is 0. The number of thiophene rings is 1. The molecule has 7 heteroatoms. The van der Waals surface area contributed by atoms with Crippen LogP contribution in [0, 0.1) is 0 Å². The lowest BCUT2D eigenvalue weighted by atomic mass is 10.0. The molecule has 0 fully saturated rings. The predicted octanol–water partition coefficient (Wildman–Crippen LogP) is 3.11. The summed E-state index contributed by atoms with van der Waals surface area (Å²) >= 11 is 1.36. The number of hydrogen-bond donors (Lipinski definition) is 0. The van der Waals surface area contributed by atoms with Gasteiger partial charge in [0.15, 0.2) is 0 Å². The smallest absolute Gasteiger partial charge is 0.340 e. The molecule has 3 heterocycles. The van der Waals surface area contributed by atoms with E-state index in [1.165, 1.54) is 23.0 Å². The minimum Gasteiger partial charge on any atom is -0.465 e. The third-order valence-corrected chi connectivity index (χ3v) is 6.49. The monoisotopic (exact) mass is 371 g/mol. The van der Waals surface area contributed by atoms with Crippen molar-refractivity contribution in [3.05, 3.63) is 63.8 Å². The van der Waals surface area contributed by atoms with Crippen LogP contribution >= 0.6 is 11.3 Å². The Bertz CT molecular complexity index is 1070. The Labute approximate surface area is 150 Å². The molecule has 5 nitrogen and oxygen atoms in total. The maximum Gasteiger partial charge on any atom is 0.340 e. The fraction of sp³-hybridized carbons (Fsp3) is 0.111. The number of methoxy groups -OCH3 is 1. The number of esters is 1. The summed E-state index contributed by atoms with van der Waals surface area (Å²) in [5, 5.41) is 1.81. The summed E-state index contributed by atoms with van der Waals surface area (Å²) in [7, 11) is -0.0140. The molecule has 126 valence electrons. The van der Waals surface area contributed by atoms with Crippen LogP contribution in [-0.2, 0) is 21.4 Å². The van der Waals surface area contributed by atoms with Gasteiger partial charge in [0.1, 0.15) is 5.88 Å². The van der Waals surface area contributed by atoms with Crippen molar-refractivity contribution in [2.45, 2.75) is 10.8 Å². The van der Waals surface area contributed by atoms with Crippen molar-refractivity contribution in [2.75, 3.05) is 7.11 Å². The fourth-order valence-electron chi connectivity index (χ4n) is 2.96. The molecule has 0 N–H and O–H groups in total. The van der Waals surface area contributed by atoms with E-state index >= 15 is 0 Å². The Morgan fingerprint density at radius 2 is 2.00 bits per heavy atom. The highest BCUT2D eigenvalue weighted by molar-refractivity contribution is 7.84. The summed E-state index contributed by atoms with van der Waals surface area (Å²) in [6.07, 6.45) is 0. The van der Waals surface area contributed by atoms with Gasteiger partial charge >= 0.3 is 5.97 Å². The van der Waals surface area contributed by atoms with E-state index in [4.69, 9.17) is 4.74 Å². The average molecular weight is 371 g/mol. The van der Waals surface area contributed by atoms with Gasteiger partial charge in [-0.25, -0.2) is 4.79 Å². The van der Waals surface area contributed by atoms with Gasteiger partial charge in [0.05, 0.1) is 38.9 Å². The molecule has 0 saturated heterocycles. The van der Waals surface area contributed by atoms with E-state index < -0.39 is 16.8 Å². The standard InChI is InChI=1S/C18H13NO4S2/c1-23-18(21)13-9-12(11-5-3-2-4-6-11)17(20)19-10-25(22)14-7-8-24-16(14)15(13)19/h2-9H,10H2,1H3. The second-order valence-electron chi connectivity index (χ2n) is 5.50. The van der Waals surface area contributed by atoms with Gasteiger partial charge in [0.2, 0.25) is 0 Å². The number of nitrogens with zero attached hydrogens (tertiary/aromatic N) is 1. The topological polar surface area (TPSA) is 65.4 Å². The summed E-state index contributed by atoms with van der Waals surface area (Å²) in [5.74, 6) is -0.490. The average Bonchev–Trinajstić information content (AvgIpc) is 3.13. The van der Waals surface area contributed by atoms with Crippen LogP contribution < -0.4 is 5.56 Å². The summed E-state index contributed by atoms with van der Waals surface area (Å²) < 4.78 is 18.9. The van der Waals surface area contributed by atoms with Gasteiger partial charge in [-0.1, -0.05) is 30.3 Å². The molecule has 0 saturated carbocycles. The Kier molecular flexibility index (Phi) is 3.89. The van der Waals surface area contributed by atoms with Crippen molar-refractivity contribution < 1.29 is 13.7 Å². The van der Waals surface area contributed by atoms with Crippen LogP contribution in [0.1, 0.15) is 10.4 Å². The molecule has 0 radical (unpaired) electrons. The van der Waals surface area contributed by atoms with E-state index in [2.05, 4.69) is 0 Å². The minimum absolute atomic E-state index is 0.0303. The molecule has 1 unspecified atom stereocenters. The molecule has 2 aromatic heterocycles. The van der Waals surface area contributed by atoms with E-state index in [9.17, 15) is 13.8 Å². The third-order valence-electron chi connectivity index (χ3n) is 4.12. The van der Waals surface area contributed by atoms with E-state index in [0.29, 0.717) is 32.2 Å². The Hall–Kier alpha value is -2.51. The maximum atomic E-state index is 13.0. The van der Waals surface area contributed by atoms with Gasteiger partial charge in [-0.2, -0.15) is 0 Å². The molecule has 25 heavy (non-hydrogen) atoms. The van der Waals surface area contributed by atoms with Crippen LogP contribution in [0.3, 0.4) is 0 Å². The Morgan fingerprint density at radius 1 is 1.24 bits per heavy atom. The van der Waals surface area contributed by atoms with Crippen molar-refractivity contribution in [1.29, 1.82) is 0 Å². The highest BCUT2D eigenvalue weighted by Crippen LogP contribution is 2.38. The zero-order chi connectivity index (χ0) is 17.6. The first kappa shape index (κ1) is 16.0. The summed E-state index contributed by atoms with van der Waals surface area (Å²) in [5.41, 5.74) is 1.63. The van der Waals surface area contributed by atoms with Gasteiger partial charge in [0, 0.05) is 5.56 Å². The van der Waals surface area contributed by atoms with Crippen molar-refractivity contribution >= 4 is 28.1 Å². The predicted molar refractivity (Wildman–Crippen MR) is 97.2 cm³/mol. The van der Waals surface area contributed by atoms with Gasteiger partial charge in [0.25, 0.3) is 5.56 Å². The first-order valence-electron chi connectivity index (χ1n) is 7.49. The molecule has 0 amide bonds. The largest absolute Gasteiger partial charge is 0.465 e. The zero-order valence-corrected chi connectivity index (χ0v) is 14.9. The van der Waals surface area contributed by atoms with Crippen LogP contribution in [0.5, 0.6) is 0 Å². The van der Waals surface area contributed by atoms with Crippen LogP contribution in [0.25, 0.3) is 21.7 Å². The van der Waals surface area contributed by atoms with Crippen LogP contribution in [0.4, 0.5) is 0 Å². The molecule has 1 atom stereocenters. The van der Waals surface area contributed by atoms with E-state index in [0.717, 1.165) is 0 Å². The lowest BCUT2D eigenvalue weighted by Crippen LogP contribution is -2.30. The van der Waals surface area contributed by atoms with Crippen LogP contribution in [0.2, 0.25) is 0 Å². The normalized spacial score (nSPS) is 15.3. The Balaban J connectivity index is 2.09. The highest BCUT2D eigenvalue weighted by Gasteiger charge is 2.30. The molecular formula is C18H13NO4S2.